The van der Waals surface area contributed by atoms with E-state index in [0.717, 1.165) is 41.7 Å². The molecule has 1 aliphatic heterocycles. The van der Waals surface area contributed by atoms with Crippen molar-refractivity contribution in [3.8, 4) is 16.9 Å². The summed E-state index contributed by atoms with van der Waals surface area (Å²) >= 11 is 0. The van der Waals surface area contributed by atoms with Gasteiger partial charge in [-0.25, -0.2) is 18.6 Å². The van der Waals surface area contributed by atoms with Crippen molar-refractivity contribution in [3.05, 3.63) is 86.8 Å². The predicted molar refractivity (Wildman–Crippen MR) is 180 cm³/mol. The number of hydrogen-bond acceptors (Lipinski definition) is 5. The summed E-state index contributed by atoms with van der Waals surface area (Å²) in [6.45, 7) is 10.9. The summed E-state index contributed by atoms with van der Waals surface area (Å²) in [6.07, 6.45) is 3.94. The number of fused-ring (bicyclic) bond motifs is 2. The molecule has 0 saturated carbocycles. The second-order valence-electron chi connectivity index (χ2n) is 13.4. The molecule has 3 N–H and O–H groups in total. The van der Waals surface area contributed by atoms with Gasteiger partial charge in [-0.15, -0.1) is 0 Å². The molecular weight excluding hydrogens is 584 g/mol. The molecule has 0 saturated heterocycles. The van der Waals surface area contributed by atoms with Crippen molar-refractivity contribution in [3.63, 3.8) is 0 Å². The molecule has 0 aromatic heterocycles. The maximum Gasteiger partial charge on any atom is 0.338 e. The molecule has 1 aliphatic carbocycles. The van der Waals surface area contributed by atoms with Gasteiger partial charge in [0, 0.05) is 34.8 Å². The average molecular weight is 628 g/mol. The zero-order valence-corrected chi connectivity index (χ0v) is 27.3. The number of nitrogens with two attached hydrogens (primary N) is 1. The first-order valence-corrected chi connectivity index (χ1v) is 16.0. The van der Waals surface area contributed by atoms with Gasteiger partial charge in [-0.05, 0) is 65.3 Å². The van der Waals surface area contributed by atoms with E-state index in [9.17, 15) is 13.6 Å². The molecule has 3 aromatic rings. The van der Waals surface area contributed by atoms with Crippen LogP contribution in [0.1, 0.15) is 92.4 Å². The molecule has 0 spiro atoms. The Morgan fingerprint density at radius 3 is 2.59 bits per heavy atom. The number of nitrogens with zero attached hydrogens (tertiary/aromatic N) is 1. The van der Waals surface area contributed by atoms with Crippen molar-refractivity contribution in [2.45, 2.75) is 79.6 Å². The SMILES string of the molecule is CCCCCCOC(=O)c1cccc(OC2=c3c(-c4cc(C)cc(CC(F)F)c4)c4c(cc3=CC(C(C)(C)C)C2)C(=N)N=C4N)c1. The van der Waals surface area contributed by atoms with E-state index in [1.165, 1.54) is 0 Å². The Hall–Kier alpha value is -4.33. The van der Waals surface area contributed by atoms with E-state index in [4.69, 9.17) is 20.6 Å². The number of amidine groups is 2. The molecule has 46 heavy (non-hydrogen) atoms. The molecule has 8 heteroatoms. The van der Waals surface area contributed by atoms with Gasteiger partial charge >= 0.3 is 5.97 Å². The van der Waals surface area contributed by atoms with Crippen LogP contribution in [0.2, 0.25) is 0 Å². The quantitative estimate of drug-likeness (QED) is 0.172. The number of unbranched alkanes of at least 4 members (excludes halogenated alkanes) is 3. The van der Waals surface area contributed by atoms with E-state index in [0.29, 0.717) is 57.9 Å². The highest BCUT2D eigenvalue weighted by Crippen LogP contribution is 2.37. The van der Waals surface area contributed by atoms with Crippen LogP contribution in [0.3, 0.4) is 0 Å². The number of aryl methyl sites for hydroxylation is 1. The van der Waals surface area contributed by atoms with E-state index in [1.54, 1.807) is 36.4 Å². The maximum absolute atomic E-state index is 13.5. The highest BCUT2D eigenvalue weighted by molar-refractivity contribution is 6.23. The van der Waals surface area contributed by atoms with Crippen LogP contribution in [0.25, 0.3) is 23.0 Å². The molecule has 2 aliphatic rings. The third kappa shape index (κ3) is 7.22. The largest absolute Gasteiger partial charge is 0.462 e. The Morgan fingerprint density at radius 2 is 1.87 bits per heavy atom. The number of nitrogens with one attached hydrogen (secondary N) is 1. The summed E-state index contributed by atoms with van der Waals surface area (Å²) in [5.41, 5.74) is 10.7. The molecule has 0 bridgehead atoms. The molecule has 6 nitrogen and oxygen atoms in total. The number of alkyl halides is 2. The third-order valence-electron chi connectivity index (χ3n) is 8.64. The number of halogens is 2. The minimum absolute atomic E-state index is 0.0617. The highest BCUT2D eigenvalue weighted by Gasteiger charge is 2.32. The fraction of sp³-hybridized carbons (Fsp3) is 0.395. The topological polar surface area (TPSA) is 97.8 Å². The van der Waals surface area contributed by atoms with Gasteiger partial charge in [0.25, 0.3) is 0 Å². The Labute approximate surface area is 269 Å². The van der Waals surface area contributed by atoms with Crippen molar-refractivity contribution in [2.75, 3.05) is 6.61 Å². The lowest BCUT2D eigenvalue weighted by atomic mass is 9.75. The standard InChI is InChI=1S/C38H43F2N3O3/c1-6-7-8-9-13-45-37(44)24-11-10-12-28(19-24)46-30-21-27(38(3,4)5)18-26-20-29-34(36(42)43-35(29)41)33(32(26)30)25-15-22(2)14-23(16-25)17-31(39)40/h10-12,14-16,18-20,27,31H,6-9,13,17,21H2,1-5H3,(H3,41,42,43). The Bertz CT molecular complexity index is 1820. The van der Waals surface area contributed by atoms with E-state index in [1.807, 2.05) is 19.1 Å². The fourth-order valence-corrected chi connectivity index (χ4v) is 6.25. The molecule has 3 aromatic carbocycles. The van der Waals surface area contributed by atoms with Gasteiger partial charge in [0.2, 0.25) is 6.43 Å². The molecule has 1 heterocycles. The summed E-state index contributed by atoms with van der Waals surface area (Å²) in [5.74, 6) is 1.10. The molecular formula is C38H43F2N3O3. The predicted octanol–water partition coefficient (Wildman–Crippen LogP) is 7.28. The van der Waals surface area contributed by atoms with Crippen LogP contribution >= 0.6 is 0 Å². The number of rotatable bonds is 11. The smallest absolute Gasteiger partial charge is 0.338 e. The summed E-state index contributed by atoms with van der Waals surface area (Å²) in [7, 11) is 0. The summed E-state index contributed by atoms with van der Waals surface area (Å²) in [4.78, 5) is 17.2. The number of carbonyl (C=O) groups excluding carboxylic acids is 1. The van der Waals surface area contributed by atoms with Crippen LogP contribution in [-0.2, 0) is 11.2 Å². The zero-order valence-electron chi connectivity index (χ0n) is 27.3. The van der Waals surface area contributed by atoms with Crippen LogP contribution in [0, 0.1) is 23.7 Å². The lowest BCUT2D eigenvalue weighted by molar-refractivity contribution is 0.0497. The van der Waals surface area contributed by atoms with Crippen molar-refractivity contribution in [1.82, 2.24) is 0 Å². The lowest BCUT2D eigenvalue weighted by Gasteiger charge is -2.32. The van der Waals surface area contributed by atoms with Gasteiger partial charge in [-0.1, -0.05) is 82.9 Å². The molecule has 1 atom stereocenters. The molecule has 0 amide bonds. The minimum Gasteiger partial charge on any atom is -0.462 e. The number of aliphatic imine (C=N–C) groups is 1. The first kappa shape index (κ1) is 33.0. The molecule has 0 radical (unpaired) electrons. The zero-order chi connectivity index (χ0) is 33.2. The Kier molecular flexibility index (Phi) is 9.75. The van der Waals surface area contributed by atoms with E-state index < -0.39 is 12.4 Å². The van der Waals surface area contributed by atoms with Crippen LogP contribution in [0.15, 0.2) is 53.5 Å². The first-order chi connectivity index (χ1) is 21.8. The Balaban J connectivity index is 1.69. The van der Waals surface area contributed by atoms with E-state index >= 15 is 0 Å². The minimum atomic E-state index is -2.49. The third-order valence-corrected chi connectivity index (χ3v) is 8.64. The van der Waals surface area contributed by atoms with Crippen LogP contribution in [0.5, 0.6) is 5.75 Å². The lowest BCUT2D eigenvalue weighted by Crippen LogP contribution is -2.40. The molecule has 242 valence electrons. The van der Waals surface area contributed by atoms with Gasteiger partial charge in [-0.2, -0.15) is 0 Å². The highest BCUT2D eigenvalue weighted by atomic mass is 19.3. The number of carbonyl (C=O) groups is 1. The van der Waals surface area contributed by atoms with Crippen LogP contribution in [-0.4, -0.2) is 30.7 Å². The Morgan fingerprint density at radius 1 is 1.09 bits per heavy atom. The summed E-state index contributed by atoms with van der Waals surface area (Å²) < 4.78 is 39.3. The van der Waals surface area contributed by atoms with Crippen molar-refractivity contribution >= 4 is 29.5 Å². The fourth-order valence-electron chi connectivity index (χ4n) is 6.25. The number of hydrogen-bond donors (Lipinski definition) is 2. The monoisotopic (exact) mass is 627 g/mol. The summed E-state index contributed by atoms with van der Waals surface area (Å²) in [5, 5.41) is 10.2. The number of benzene rings is 3. The van der Waals surface area contributed by atoms with E-state index in [2.05, 4.69) is 38.8 Å². The van der Waals surface area contributed by atoms with Gasteiger partial charge in [-0.3, -0.25) is 5.41 Å². The second kappa shape index (κ2) is 13.6. The normalized spacial score (nSPS) is 15.7. The number of ether oxygens (including phenoxy) is 2. The van der Waals surface area contributed by atoms with Crippen LogP contribution < -0.4 is 20.9 Å². The van der Waals surface area contributed by atoms with Gasteiger partial charge in [0.05, 0.1) is 12.2 Å². The van der Waals surface area contributed by atoms with Crippen molar-refractivity contribution in [2.24, 2.45) is 22.1 Å². The van der Waals surface area contributed by atoms with E-state index in [-0.39, 0.29) is 29.4 Å². The average Bonchev–Trinajstić information content (AvgIpc) is 3.27. The van der Waals surface area contributed by atoms with Crippen molar-refractivity contribution < 1.29 is 23.0 Å². The second-order valence-corrected chi connectivity index (χ2v) is 13.4. The van der Waals surface area contributed by atoms with Gasteiger partial charge in [0.1, 0.15) is 17.3 Å². The molecule has 0 fully saturated rings. The first-order valence-electron chi connectivity index (χ1n) is 16.0. The molecule has 5 rings (SSSR count). The maximum atomic E-state index is 13.5. The van der Waals surface area contributed by atoms with Crippen molar-refractivity contribution in [1.29, 1.82) is 5.41 Å². The number of esters is 1. The summed E-state index contributed by atoms with van der Waals surface area (Å²) in [6, 6.07) is 14.4. The van der Waals surface area contributed by atoms with Gasteiger partial charge in [0.15, 0.2) is 5.84 Å². The van der Waals surface area contributed by atoms with Gasteiger partial charge < -0.3 is 15.2 Å². The molecule has 1 unspecified atom stereocenters. The van der Waals surface area contributed by atoms with Crippen LogP contribution in [0.4, 0.5) is 8.78 Å².